The van der Waals surface area contributed by atoms with Crippen LogP contribution in [0.1, 0.15) is 131 Å². The van der Waals surface area contributed by atoms with Crippen LogP contribution in [0.5, 0.6) is 5.75 Å². The van der Waals surface area contributed by atoms with Crippen molar-refractivity contribution in [3.05, 3.63) is 64.5 Å². The molecule has 0 spiro atoms. The Morgan fingerprint density at radius 1 is 0.795 bits per heavy atom. The fraction of sp³-hybridized carbons (Fsp3) is 0.606. The van der Waals surface area contributed by atoms with Crippen molar-refractivity contribution in [1.82, 2.24) is 0 Å². The lowest BCUT2D eigenvalue weighted by Crippen LogP contribution is -2.25. The highest BCUT2D eigenvalue weighted by Crippen LogP contribution is 2.41. The van der Waals surface area contributed by atoms with Gasteiger partial charge in [-0.2, -0.15) is 0 Å². The van der Waals surface area contributed by atoms with Crippen LogP contribution < -0.4 is 4.74 Å². The molecule has 0 saturated heterocycles. The molecule has 3 nitrogen and oxygen atoms in total. The first-order valence-electron chi connectivity index (χ1n) is 15.0. The third kappa shape index (κ3) is 7.79. The molecule has 0 aromatic heterocycles. The summed E-state index contributed by atoms with van der Waals surface area (Å²) in [5.74, 6) is -1.76. The number of benzene rings is 2. The van der Waals surface area contributed by atoms with Crippen LogP contribution in [-0.2, 0) is 4.74 Å². The lowest BCUT2D eigenvalue weighted by atomic mass is 9.77. The quantitative estimate of drug-likeness (QED) is 0.209. The average Bonchev–Trinajstić information content (AvgIpc) is 2.93. The van der Waals surface area contributed by atoms with Crippen molar-refractivity contribution in [2.24, 2.45) is 5.92 Å². The van der Waals surface area contributed by atoms with Crippen molar-refractivity contribution in [2.45, 2.75) is 115 Å². The van der Waals surface area contributed by atoms with E-state index in [1.165, 1.54) is 31.4 Å². The van der Waals surface area contributed by atoms with E-state index < -0.39 is 23.4 Å². The molecule has 2 aromatic rings. The van der Waals surface area contributed by atoms with Gasteiger partial charge in [-0.1, -0.05) is 64.5 Å². The van der Waals surface area contributed by atoms with E-state index in [0.29, 0.717) is 55.1 Å². The number of hydrogen-bond acceptors (Lipinski definition) is 3. The zero-order valence-electron chi connectivity index (χ0n) is 23.5. The molecule has 6 heteroatoms. The highest BCUT2D eigenvalue weighted by molar-refractivity contribution is 5.90. The summed E-state index contributed by atoms with van der Waals surface area (Å²) in [5, 5.41) is 0. The first-order chi connectivity index (χ1) is 18.9. The monoisotopic (exact) mass is 544 g/mol. The number of unbranched alkanes of at least 4 members (excludes halogenated alkanes) is 4. The Kier molecular flexibility index (Phi) is 10.8. The first-order valence-corrected chi connectivity index (χ1v) is 15.0. The summed E-state index contributed by atoms with van der Waals surface area (Å²) in [6.45, 7) is 4.89. The van der Waals surface area contributed by atoms with Crippen molar-refractivity contribution in [3.8, 4) is 5.75 Å². The molecule has 0 amide bonds. The molecule has 4 rings (SSSR count). The second-order valence-corrected chi connectivity index (χ2v) is 11.6. The van der Waals surface area contributed by atoms with Gasteiger partial charge in [0.25, 0.3) is 0 Å². The van der Waals surface area contributed by atoms with Gasteiger partial charge in [-0.3, -0.25) is 0 Å². The predicted octanol–water partition coefficient (Wildman–Crippen LogP) is 9.63. The second kappa shape index (κ2) is 14.2. The summed E-state index contributed by atoms with van der Waals surface area (Å²) < 4.78 is 56.0. The topological polar surface area (TPSA) is 35.5 Å². The molecular formula is C33H43F3O3. The summed E-state index contributed by atoms with van der Waals surface area (Å²) in [4.78, 5) is 12.7. The van der Waals surface area contributed by atoms with Gasteiger partial charge in [-0.25, -0.2) is 18.0 Å². The number of hydrogen-bond donors (Lipinski definition) is 0. The Morgan fingerprint density at radius 3 is 1.97 bits per heavy atom. The Morgan fingerprint density at radius 2 is 1.38 bits per heavy atom. The van der Waals surface area contributed by atoms with E-state index in [1.807, 2.05) is 0 Å². The third-order valence-electron chi connectivity index (χ3n) is 8.66. The summed E-state index contributed by atoms with van der Waals surface area (Å²) in [7, 11) is 0. The highest BCUT2D eigenvalue weighted by atomic mass is 19.2. The molecule has 2 saturated carbocycles. The second-order valence-electron chi connectivity index (χ2n) is 11.6. The Hall–Kier alpha value is -2.50. The van der Waals surface area contributed by atoms with Crippen LogP contribution in [0.25, 0.3) is 0 Å². The molecule has 214 valence electrons. The molecule has 2 fully saturated rings. The molecule has 0 N–H and O–H groups in total. The zero-order chi connectivity index (χ0) is 27.8. The number of ether oxygens (including phenoxy) is 2. The van der Waals surface area contributed by atoms with E-state index in [0.717, 1.165) is 38.5 Å². The summed E-state index contributed by atoms with van der Waals surface area (Å²) in [6.07, 6.45) is 11.3. The molecule has 0 aliphatic heterocycles. The van der Waals surface area contributed by atoms with Gasteiger partial charge in [-0.15, -0.1) is 0 Å². The van der Waals surface area contributed by atoms with Crippen molar-refractivity contribution in [1.29, 1.82) is 0 Å². The van der Waals surface area contributed by atoms with Crippen LogP contribution >= 0.6 is 0 Å². The van der Waals surface area contributed by atoms with Crippen LogP contribution in [0.2, 0.25) is 0 Å². The van der Waals surface area contributed by atoms with Gasteiger partial charge in [0.05, 0.1) is 12.2 Å². The van der Waals surface area contributed by atoms with Gasteiger partial charge in [0.1, 0.15) is 17.7 Å². The predicted molar refractivity (Wildman–Crippen MR) is 148 cm³/mol. The normalized spacial score (nSPS) is 23.4. The number of rotatable bonds is 11. The van der Waals surface area contributed by atoms with E-state index >= 15 is 8.78 Å². The number of carbonyl (C=O) groups is 1. The van der Waals surface area contributed by atoms with Gasteiger partial charge in [-0.05, 0) is 86.0 Å². The van der Waals surface area contributed by atoms with Gasteiger partial charge < -0.3 is 9.47 Å². The fourth-order valence-electron chi connectivity index (χ4n) is 6.13. The van der Waals surface area contributed by atoms with Crippen LogP contribution in [0, 0.1) is 23.4 Å². The van der Waals surface area contributed by atoms with Crippen LogP contribution in [0.3, 0.4) is 0 Å². The lowest BCUT2D eigenvalue weighted by Gasteiger charge is -2.30. The molecule has 0 bridgehead atoms. The molecule has 2 aromatic carbocycles. The van der Waals surface area contributed by atoms with Crippen molar-refractivity contribution in [2.75, 3.05) is 6.61 Å². The average molecular weight is 545 g/mol. The zero-order valence-corrected chi connectivity index (χ0v) is 23.5. The van der Waals surface area contributed by atoms with E-state index in [1.54, 1.807) is 18.2 Å². The smallest absolute Gasteiger partial charge is 0.341 e. The lowest BCUT2D eigenvalue weighted by molar-refractivity contribution is 0.0189. The van der Waals surface area contributed by atoms with Gasteiger partial charge in [0, 0.05) is 6.07 Å². The molecule has 0 heterocycles. The minimum absolute atomic E-state index is 0.0940. The van der Waals surface area contributed by atoms with Gasteiger partial charge in [0.15, 0.2) is 11.6 Å². The summed E-state index contributed by atoms with van der Waals surface area (Å²) in [6, 6.07) is 7.77. The number of halogens is 3. The van der Waals surface area contributed by atoms with Gasteiger partial charge in [0.2, 0.25) is 0 Å². The standard InChI is InChI=1S/C33H43F3O3/c1-3-4-5-6-7-20-38-26-16-17-29(30(34)21-26)33(37)39-25-14-12-24(13-15-25)28-19-18-27(31(35)32(28)36)23-10-8-22(2)9-11-23/h16-19,21-25H,3-15,20H2,1-2H3. The van der Waals surface area contributed by atoms with Gasteiger partial charge >= 0.3 is 5.97 Å². The highest BCUT2D eigenvalue weighted by Gasteiger charge is 2.30. The van der Waals surface area contributed by atoms with E-state index in [-0.39, 0.29) is 23.5 Å². The maximum absolute atomic E-state index is 15.1. The Bertz CT molecular complexity index is 1090. The molecule has 0 unspecified atom stereocenters. The molecule has 39 heavy (non-hydrogen) atoms. The van der Waals surface area contributed by atoms with Crippen LogP contribution in [-0.4, -0.2) is 18.7 Å². The SMILES string of the molecule is CCCCCCCOc1ccc(C(=O)OC2CCC(c3ccc(C4CCC(C)CC4)c(F)c3F)CC2)c(F)c1. The minimum atomic E-state index is -0.725. The van der Waals surface area contributed by atoms with Crippen molar-refractivity contribution >= 4 is 5.97 Å². The van der Waals surface area contributed by atoms with E-state index in [2.05, 4.69) is 13.8 Å². The molecule has 0 radical (unpaired) electrons. The van der Waals surface area contributed by atoms with Crippen molar-refractivity contribution in [3.63, 3.8) is 0 Å². The number of carbonyl (C=O) groups excluding carboxylic acids is 1. The Balaban J connectivity index is 1.26. The van der Waals surface area contributed by atoms with E-state index in [4.69, 9.17) is 9.47 Å². The number of esters is 1. The maximum Gasteiger partial charge on any atom is 0.341 e. The minimum Gasteiger partial charge on any atom is -0.493 e. The molecule has 2 aliphatic carbocycles. The third-order valence-corrected chi connectivity index (χ3v) is 8.66. The Labute approximate surface area is 231 Å². The fourth-order valence-corrected chi connectivity index (χ4v) is 6.13. The molecule has 2 aliphatic rings. The maximum atomic E-state index is 15.1. The van der Waals surface area contributed by atoms with E-state index in [9.17, 15) is 9.18 Å². The summed E-state index contributed by atoms with van der Waals surface area (Å²) in [5.41, 5.74) is 0.807. The molecular weight excluding hydrogens is 501 g/mol. The largest absolute Gasteiger partial charge is 0.493 e. The van der Waals surface area contributed by atoms with Crippen LogP contribution in [0.4, 0.5) is 13.2 Å². The van der Waals surface area contributed by atoms with Crippen molar-refractivity contribution < 1.29 is 27.4 Å². The molecule has 0 atom stereocenters. The summed E-state index contributed by atoms with van der Waals surface area (Å²) >= 11 is 0. The first kappa shape index (κ1) is 29.5. The van der Waals surface area contributed by atoms with Crippen LogP contribution in [0.15, 0.2) is 30.3 Å².